The first kappa shape index (κ1) is 33.8. The van der Waals surface area contributed by atoms with E-state index in [1.165, 1.54) is 0 Å². The molecule has 8 nitrogen and oxygen atoms in total. The molecular weight excluding hydrogens is 550 g/mol. The van der Waals surface area contributed by atoms with E-state index >= 15 is 0 Å². The van der Waals surface area contributed by atoms with Crippen molar-refractivity contribution >= 4 is 17.6 Å². The molecule has 2 heterocycles. The van der Waals surface area contributed by atoms with Crippen molar-refractivity contribution in [2.75, 3.05) is 32.0 Å². The number of amidine groups is 1. The Kier molecular flexibility index (Phi) is 13.4. The Morgan fingerprint density at radius 2 is 1.82 bits per heavy atom. The molecule has 2 aliphatic rings. The van der Waals surface area contributed by atoms with Crippen LogP contribution in [-0.2, 0) is 16.0 Å². The van der Waals surface area contributed by atoms with Crippen LogP contribution in [0.3, 0.4) is 0 Å². The molecular formula is C36H45N5O3. The number of amides is 1. The number of allylic oxidation sites excluding steroid dienone is 5. The molecule has 3 aromatic rings. The molecule has 0 spiro atoms. The normalized spacial score (nSPS) is 14.1. The highest BCUT2D eigenvalue weighted by Crippen LogP contribution is 2.33. The lowest BCUT2D eigenvalue weighted by molar-refractivity contribution is -0.128. The van der Waals surface area contributed by atoms with Crippen LogP contribution in [-0.4, -0.2) is 47.9 Å². The third-order valence-electron chi connectivity index (χ3n) is 6.86. The van der Waals surface area contributed by atoms with E-state index in [4.69, 9.17) is 26.4 Å². The molecule has 232 valence electrons. The maximum atomic E-state index is 10.8. The largest absolute Gasteiger partial charge is 0.457 e. The van der Waals surface area contributed by atoms with Crippen LogP contribution in [0.4, 0.5) is 5.82 Å². The first-order valence-corrected chi connectivity index (χ1v) is 15.1. The van der Waals surface area contributed by atoms with Gasteiger partial charge in [0, 0.05) is 44.2 Å². The second-order valence-corrected chi connectivity index (χ2v) is 10.2. The van der Waals surface area contributed by atoms with Crippen LogP contribution in [0.2, 0.25) is 0 Å². The van der Waals surface area contributed by atoms with E-state index in [1.54, 1.807) is 6.92 Å². The standard InChI is InChI=1S/C27H26N4O.C7H13NO2.C2H6/c1-18-7-6-8-20(15-18)25-16-23(24(17-26(28)29)27(30)31-25)19-11-13-22(14-12-19)32-21-9-4-2-3-5-10-21;1-7(9)8-3-2-5-10-6-4-8;1-2/h2,4-16H,3,17H2,1H3,(H3,28,29)(H2,30,31);2-6H2,1H3;1-2H3. The number of carbonyl (C=O) groups excluding carboxylic acids is 1. The van der Waals surface area contributed by atoms with Gasteiger partial charge < -0.3 is 25.8 Å². The van der Waals surface area contributed by atoms with Crippen LogP contribution in [0.1, 0.15) is 44.7 Å². The van der Waals surface area contributed by atoms with Crippen molar-refractivity contribution in [3.63, 3.8) is 0 Å². The number of nitrogens with zero attached hydrogens (tertiary/aromatic N) is 2. The predicted molar refractivity (Wildman–Crippen MR) is 181 cm³/mol. The molecule has 1 saturated heterocycles. The number of ether oxygens (including phenoxy) is 2. The molecule has 5 rings (SSSR count). The highest BCUT2D eigenvalue weighted by molar-refractivity contribution is 5.86. The second-order valence-electron chi connectivity index (χ2n) is 10.2. The van der Waals surface area contributed by atoms with Crippen LogP contribution in [0.5, 0.6) is 5.75 Å². The topological polar surface area (TPSA) is 128 Å². The highest BCUT2D eigenvalue weighted by Gasteiger charge is 2.15. The van der Waals surface area contributed by atoms with Crippen molar-refractivity contribution in [2.45, 2.75) is 47.0 Å². The average Bonchev–Trinajstić information content (AvgIpc) is 3.46. The zero-order chi connectivity index (χ0) is 31.9. The van der Waals surface area contributed by atoms with Crippen molar-refractivity contribution in [2.24, 2.45) is 5.73 Å². The van der Waals surface area contributed by atoms with E-state index in [2.05, 4.69) is 23.2 Å². The number of anilines is 1. The Bertz CT molecular complexity index is 1480. The molecule has 0 unspecified atom stereocenters. The van der Waals surface area contributed by atoms with E-state index in [0.717, 1.165) is 77.6 Å². The number of benzene rings is 2. The molecule has 44 heavy (non-hydrogen) atoms. The van der Waals surface area contributed by atoms with E-state index in [-0.39, 0.29) is 18.2 Å². The molecule has 2 aromatic carbocycles. The fourth-order valence-corrected chi connectivity index (χ4v) is 4.70. The number of hydrogen-bond donors (Lipinski definition) is 3. The lowest BCUT2D eigenvalue weighted by atomic mass is 9.95. The molecule has 5 N–H and O–H groups in total. The second kappa shape index (κ2) is 17.4. The van der Waals surface area contributed by atoms with Gasteiger partial charge in [-0.25, -0.2) is 4.98 Å². The summed E-state index contributed by atoms with van der Waals surface area (Å²) in [6, 6.07) is 18.0. The van der Waals surface area contributed by atoms with Gasteiger partial charge in [-0.3, -0.25) is 10.2 Å². The molecule has 1 aromatic heterocycles. The first-order chi connectivity index (χ1) is 21.3. The first-order valence-electron chi connectivity index (χ1n) is 15.1. The summed E-state index contributed by atoms with van der Waals surface area (Å²) in [7, 11) is 0. The zero-order valence-electron chi connectivity index (χ0n) is 26.3. The Morgan fingerprint density at radius 3 is 2.52 bits per heavy atom. The van der Waals surface area contributed by atoms with Crippen LogP contribution >= 0.6 is 0 Å². The smallest absolute Gasteiger partial charge is 0.219 e. The molecule has 0 atom stereocenters. The van der Waals surface area contributed by atoms with Crippen molar-refractivity contribution in [1.29, 1.82) is 5.41 Å². The number of hydrogen-bond acceptors (Lipinski definition) is 6. The zero-order valence-corrected chi connectivity index (χ0v) is 26.3. The fraction of sp³-hybridized carbons (Fsp3) is 0.306. The summed E-state index contributed by atoms with van der Waals surface area (Å²) in [5.74, 6) is 2.12. The van der Waals surface area contributed by atoms with Crippen molar-refractivity contribution in [3.8, 4) is 28.1 Å². The molecule has 0 bridgehead atoms. The van der Waals surface area contributed by atoms with Gasteiger partial charge in [-0.2, -0.15) is 0 Å². The number of nitrogens with two attached hydrogens (primary N) is 2. The van der Waals surface area contributed by atoms with Gasteiger partial charge in [0.1, 0.15) is 17.3 Å². The summed E-state index contributed by atoms with van der Waals surface area (Å²) in [4.78, 5) is 17.3. The average molecular weight is 596 g/mol. The molecule has 1 amide bonds. The number of nitrogens with one attached hydrogen (secondary N) is 1. The minimum Gasteiger partial charge on any atom is -0.457 e. The summed E-state index contributed by atoms with van der Waals surface area (Å²) >= 11 is 0. The maximum absolute atomic E-state index is 10.8. The van der Waals surface area contributed by atoms with E-state index < -0.39 is 0 Å². The van der Waals surface area contributed by atoms with E-state index in [0.29, 0.717) is 12.4 Å². The van der Waals surface area contributed by atoms with Crippen LogP contribution in [0.15, 0.2) is 90.7 Å². The SMILES string of the molecule is CC.CC(=O)N1CCCOCC1.Cc1cccc(-c2cc(-c3ccc(OC4=CC=CCC=C4)cc3)c(CC(=N)N)c(N)n2)c1. The predicted octanol–water partition coefficient (Wildman–Crippen LogP) is 6.84. The fourth-order valence-electron chi connectivity index (χ4n) is 4.70. The third-order valence-corrected chi connectivity index (χ3v) is 6.86. The molecule has 0 radical (unpaired) electrons. The number of pyridine rings is 1. The quantitative estimate of drug-likeness (QED) is 0.211. The van der Waals surface area contributed by atoms with Gasteiger partial charge in [0.25, 0.3) is 0 Å². The Morgan fingerprint density at radius 1 is 1.05 bits per heavy atom. The van der Waals surface area contributed by atoms with Gasteiger partial charge in [-0.1, -0.05) is 68.0 Å². The number of carbonyl (C=O) groups is 1. The van der Waals surface area contributed by atoms with Crippen molar-refractivity contribution < 1.29 is 14.3 Å². The van der Waals surface area contributed by atoms with Gasteiger partial charge >= 0.3 is 0 Å². The summed E-state index contributed by atoms with van der Waals surface area (Å²) in [6.45, 7) is 10.8. The molecule has 1 fully saturated rings. The van der Waals surface area contributed by atoms with Gasteiger partial charge in [0.15, 0.2) is 0 Å². The summed E-state index contributed by atoms with van der Waals surface area (Å²) in [6.07, 6.45) is 12.1. The third kappa shape index (κ3) is 10.2. The summed E-state index contributed by atoms with van der Waals surface area (Å²) in [5.41, 5.74) is 17.6. The minimum atomic E-state index is 0.0446. The van der Waals surface area contributed by atoms with Gasteiger partial charge in [0.05, 0.1) is 18.1 Å². The molecule has 1 aliphatic carbocycles. The van der Waals surface area contributed by atoms with Gasteiger partial charge in [-0.15, -0.1) is 0 Å². The van der Waals surface area contributed by atoms with Gasteiger partial charge in [0.2, 0.25) is 5.91 Å². The van der Waals surface area contributed by atoms with Crippen LogP contribution in [0, 0.1) is 12.3 Å². The number of nitrogen functional groups attached to an aromatic ring is 1. The van der Waals surface area contributed by atoms with Crippen LogP contribution in [0.25, 0.3) is 22.4 Å². The lowest BCUT2D eigenvalue weighted by Gasteiger charge is -2.16. The minimum absolute atomic E-state index is 0.0446. The Labute approximate surface area is 261 Å². The molecule has 8 heteroatoms. The number of aryl methyl sites for hydroxylation is 1. The van der Waals surface area contributed by atoms with Gasteiger partial charge in [-0.05, 0) is 67.3 Å². The van der Waals surface area contributed by atoms with Crippen molar-refractivity contribution in [1.82, 2.24) is 9.88 Å². The lowest BCUT2D eigenvalue weighted by Crippen LogP contribution is -2.30. The van der Waals surface area contributed by atoms with Crippen LogP contribution < -0.4 is 16.2 Å². The highest BCUT2D eigenvalue weighted by atomic mass is 16.5. The Hall–Kier alpha value is -4.69. The molecule has 1 aliphatic heterocycles. The monoisotopic (exact) mass is 595 g/mol. The number of aromatic nitrogens is 1. The summed E-state index contributed by atoms with van der Waals surface area (Å²) < 4.78 is 11.2. The van der Waals surface area contributed by atoms with E-state index in [1.807, 2.05) is 92.4 Å². The van der Waals surface area contributed by atoms with Crippen molar-refractivity contribution in [3.05, 3.63) is 102 Å². The molecule has 0 saturated carbocycles. The number of rotatable bonds is 6. The maximum Gasteiger partial charge on any atom is 0.219 e. The Balaban J connectivity index is 0.000000372. The van der Waals surface area contributed by atoms with E-state index in [9.17, 15) is 4.79 Å². The summed E-state index contributed by atoms with van der Waals surface area (Å²) in [5, 5.41) is 7.78.